The summed E-state index contributed by atoms with van der Waals surface area (Å²) in [6, 6.07) is 5.75. The fourth-order valence-electron chi connectivity index (χ4n) is 2.51. The number of hydrogen-bond acceptors (Lipinski definition) is 3. The van der Waals surface area contributed by atoms with Gasteiger partial charge in [-0.05, 0) is 31.0 Å². The largest absolute Gasteiger partial charge is 0.486 e. The molecular formula is C17H18BrNO3. The van der Waals surface area contributed by atoms with E-state index < -0.39 is 5.41 Å². The number of carbonyl (C=O) groups excluding carboxylic acids is 1. The summed E-state index contributed by atoms with van der Waals surface area (Å²) in [5.74, 6) is 1.51. The minimum absolute atomic E-state index is 0.00913. The Kier molecular flexibility index (Phi) is 4.25. The number of rotatable bonds is 3. The van der Waals surface area contributed by atoms with Crippen LogP contribution in [0.25, 0.3) is 0 Å². The van der Waals surface area contributed by atoms with Crippen molar-refractivity contribution in [3.8, 4) is 11.5 Å². The van der Waals surface area contributed by atoms with Gasteiger partial charge < -0.3 is 14.8 Å². The van der Waals surface area contributed by atoms with E-state index in [1.165, 1.54) is 0 Å². The van der Waals surface area contributed by atoms with Crippen LogP contribution in [-0.2, 0) is 11.3 Å². The summed E-state index contributed by atoms with van der Waals surface area (Å²) >= 11 is 3.50. The highest BCUT2D eigenvalue weighted by atomic mass is 79.9. The Bertz CT molecular complexity index is 653. The van der Waals surface area contributed by atoms with Gasteiger partial charge in [0.2, 0.25) is 5.91 Å². The molecule has 0 spiro atoms. The van der Waals surface area contributed by atoms with Gasteiger partial charge in [0.05, 0.1) is 5.41 Å². The van der Waals surface area contributed by atoms with Gasteiger partial charge in [-0.1, -0.05) is 40.2 Å². The van der Waals surface area contributed by atoms with Crippen molar-refractivity contribution in [1.82, 2.24) is 5.32 Å². The third kappa shape index (κ3) is 2.90. The Morgan fingerprint density at radius 1 is 1.32 bits per heavy atom. The van der Waals surface area contributed by atoms with Gasteiger partial charge in [0.15, 0.2) is 11.5 Å². The Morgan fingerprint density at radius 2 is 2.09 bits per heavy atom. The molecule has 3 rings (SSSR count). The molecule has 1 aromatic rings. The average molecular weight is 364 g/mol. The summed E-state index contributed by atoms with van der Waals surface area (Å²) in [4.78, 5) is 12.5. The molecule has 1 unspecified atom stereocenters. The molecule has 0 saturated carbocycles. The van der Waals surface area contributed by atoms with Crippen molar-refractivity contribution in [2.45, 2.75) is 19.9 Å². The third-order valence-electron chi connectivity index (χ3n) is 3.99. The molecule has 1 amide bonds. The van der Waals surface area contributed by atoms with Gasteiger partial charge in [-0.25, -0.2) is 0 Å². The maximum atomic E-state index is 12.5. The number of amides is 1. The van der Waals surface area contributed by atoms with Crippen molar-refractivity contribution < 1.29 is 14.3 Å². The minimum atomic E-state index is -0.539. The molecule has 5 heteroatoms. The lowest BCUT2D eigenvalue weighted by molar-refractivity contribution is -0.128. The Labute approximate surface area is 138 Å². The molecule has 1 atom stereocenters. The van der Waals surface area contributed by atoms with Crippen molar-refractivity contribution in [1.29, 1.82) is 0 Å². The lowest BCUT2D eigenvalue weighted by Crippen LogP contribution is -2.39. The maximum absolute atomic E-state index is 12.5. The molecule has 4 nitrogen and oxygen atoms in total. The van der Waals surface area contributed by atoms with E-state index in [4.69, 9.17) is 9.47 Å². The van der Waals surface area contributed by atoms with E-state index in [-0.39, 0.29) is 5.91 Å². The van der Waals surface area contributed by atoms with Gasteiger partial charge in [0.1, 0.15) is 13.2 Å². The van der Waals surface area contributed by atoms with Crippen LogP contribution in [0.4, 0.5) is 0 Å². The normalized spacial score (nSPS) is 22.9. The van der Waals surface area contributed by atoms with E-state index in [9.17, 15) is 4.79 Å². The quantitative estimate of drug-likeness (QED) is 0.895. The zero-order chi connectivity index (χ0) is 15.6. The van der Waals surface area contributed by atoms with Crippen LogP contribution in [-0.4, -0.2) is 19.1 Å². The predicted octanol–water partition coefficient (Wildman–Crippen LogP) is 3.32. The van der Waals surface area contributed by atoms with E-state index in [0.29, 0.717) is 26.2 Å². The van der Waals surface area contributed by atoms with Crippen LogP contribution < -0.4 is 14.8 Å². The molecule has 1 N–H and O–H groups in total. The number of carbonyl (C=O) groups is 1. The van der Waals surface area contributed by atoms with E-state index >= 15 is 0 Å². The molecule has 1 aromatic carbocycles. The Balaban J connectivity index is 1.66. The number of hydrogen-bond donors (Lipinski definition) is 1. The van der Waals surface area contributed by atoms with Gasteiger partial charge in [0, 0.05) is 11.0 Å². The molecule has 116 valence electrons. The van der Waals surface area contributed by atoms with E-state index in [1.54, 1.807) is 0 Å². The molecule has 22 heavy (non-hydrogen) atoms. The number of benzene rings is 1. The van der Waals surface area contributed by atoms with Crippen molar-refractivity contribution in [2.75, 3.05) is 13.2 Å². The number of nitrogens with one attached hydrogen (secondary N) is 1. The standard InChI is InChI=1S/C17H18BrNO3/c1-17(7-3-2-4-15(17)18)16(20)19-11-12-5-6-13-14(10-12)22-9-8-21-13/h2-6,10H,7-9,11H2,1H3,(H,19,20). The molecule has 1 aliphatic carbocycles. The van der Waals surface area contributed by atoms with Gasteiger partial charge in [-0.15, -0.1) is 0 Å². The zero-order valence-corrected chi connectivity index (χ0v) is 14.0. The lowest BCUT2D eigenvalue weighted by atomic mass is 9.82. The topological polar surface area (TPSA) is 47.6 Å². The Hall–Kier alpha value is -1.75. The summed E-state index contributed by atoms with van der Waals surface area (Å²) in [6.07, 6.45) is 6.58. The summed E-state index contributed by atoms with van der Waals surface area (Å²) in [6.45, 7) is 3.55. The van der Waals surface area contributed by atoms with Crippen LogP contribution in [0.15, 0.2) is 40.9 Å². The highest BCUT2D eigenvalue weighted by molar-refractivity contribution is 9.11. The second kappa shape index (κ2) is 6.16. The fourth-order valence-corrected chi connectivity index (χ4v) is 3.01. The van der Waals surface area contributed by atoms with Crippen LogP contribution in [0.3, 0.4) is 0 Å². The van der Waals surface area contributed by atoms with Gasteiger partial charge in [-0.3, -0.25) is 4.79 Å². The van der Waals surface area contributed by atoms with Crippen LogP contribution in [0.2, 0.25) is 0 Å². The van der Waals surface area contributed by atoms with Crippen LogP contribution >= 0.6 is 15.9 Å². The van der Waals surface area contributed by atoms with Crippen molar-refractivity contribution in [3.05, 3.63) is 46.5 Å². The molecule has 2 aliphatic rings. The molecule has 0 fully saturated rings. The summed E-state index contributed by atoms with van der Waals surface area (Å²) < 4.78 is 12.0. The average Bonchev–Trinajstić information content (AvgIpc) is 2.55. The van der Waals surface area contributed by atoms with E-state index in [0.717, 1.165) is 21.5 Å². The highest BCUT2D eigenvalue weighted by Crippen LogP contribution is 2.38. The molecule has 1 heterocycles. The molecule has 0 aromatic heterocycles. The molecular weight excluding hydrogens is 346 g/mol. The first-order chi connectivity index (χ1) is 10.6. The third-order valence-corrected chi connectivity index (χ3v) is 5.13. The van der Waals surface area contributed by atoms with Gasteiger partial charge in [-0.2, -0.15) is 0 Å². The summed E-state index contributed by atoms with van der Waals surface area (Å²) in [7, 11) is 0. The first-order valence-corrected chi connectivity index (χ1v) is 8.08. The second-order valence-corrected chi connectivity index (χ2v) is 6.49. The first-order valence-electron chi connectivity index (χ1n) is 7.29. The second-order valence-electron chi connectivity index (χ2n) is 5.64. The van der Waals surface area contributed by atoms with Crippen molar-refractivity contribution in [2.24, 2.45) is 5.41 Å². The minimum Gasteiger partial charge on any atom is -0.486 e. The number of fused-ring (bicyclic) bond motifs is 1. The SMILES string of the molecule is CC1(C(=O)NCc2ccc3c(c2)OCCO3)CC=CC=C1Br. The smallest absolute Gasteiger partial charge is 0.231 e. The highest BCUT2D eigenvalue weighted by Gasteiger charge is 2.35. The number of halogens is 1. The Morgan fingerprint density at radius 3 is 2.86 bits per heavy atom. The number of ether oxygens (including phenoxy) is 2. The zero-order valence-electron chi connectivity index (χ0n) is 12.4. The lowest BCUT2D eigenvalue weighted by Gasteiger charge is -2.29. The summed E-state index contributed by atoms with van der Waals surface area (Å²) in [5, 5.41) is 3.01. The van der Waals surface area contributed by atoms with Crippen molar-refractivity contribution in [3.63, 3.8) is 0 Å². The fraction of sp³-hybridized carbons (Fsp3) is 0.353. The van der Waals surface area contributed by atoms with Gasteiger partial charge in [0.25, 0.3) is 0 Å². The van der Waals surface area contributed by atoms with Crippen LogP contribution in [0.5, 0.6) is 11.5 Å². The molecule has 0 saturated heterocycles. The van der Waals surface area contributed by atoms with Crippen LogP contribution in [0.1, 0.15) is 18.9 Å². The van der Waals surface area contributed by atoms with E-state index in [2.05, 4.69) is 21.2 Å². The molecule has 1 aliphatic heterocycles. The maximum Gasteiger partial charge on any atom is 0.231 e. The monoisotopic (exact) mass is 363 g/mol. The number of allylic oxidation sites excluding steroid dienone is 3. The summed E-state index contributed by atoms with van der Waals surface area (Å²) in [5.41, 5.74) is 0.454. The molecule has 0 radical (unpaired) electrons. The first kappa shape index (κ1) is 15.2. The van der Waals surface area contributed by atoms with Crippen molar-refractivity contribution >= 4 is 21.8 Å². The predicted molar refractivity (Wildman–Crippen MR) is 88.2 cm³/mol. The van der Waals surface area contributed by atoms with Gasteiger partial charge >= 0.3 is 0 Å². The van der Waals surface area contributed by atoms with Crippen LogP contribution in [0, 0.1) is 5.41 Å². The molecule has 0 bridgehead atoms. The van der Waals surface area contributed by atoms with E-state index in [1.807, 2.05) is 43.4 Å².